The Labute approximate surface area is 169 Å². The second-order valence-electron chi connectivity index (χ2n) is 7.10. The van der Waals surface area contributed by atoms with Crippen LogP contribution >= 0.6 is 11.3 Å². The third-order valence-corrected chi connectivity index (χ3v) is 5.75. The lowest BCUT2D eigenvalue weighted by Gasteiger charge is -2.15. The van der Waals surface area contributed by atoms with Crippen LogP contribution in [0.4, 0.5) is 0 Å². The van der Waals surface area contributed by atoms with Crippen molar-refractivity contribution in [3.8, 4) is 32.6 Å². The van der Waals surface area contributed by atoms with Crippen LogP contribution in [0.25, 0.3) is 21.1 Å². The van der Waals surface area contributed by atoms with Gasteiger partial charge in [0.25, 0.3) is 0 Å². The smallest absolute Gasteiger partial charge is 0.161 e. The van der Waals surface area contributed by atoms with Crippen molar-refractivity contribution in [3.05, 3.63) is 47.5 Å². The molecule has 0 saturated carbocycles. The molecular formula is C22H24N2O3S. The maximum atomic E-state index is 10.1. The minimum Gasteiger partial charge on any atom is -0.490 e. The van der Waals surface area contributed by atoms with Crippen LogP contribution in [0.2, 0.25) is 0 Å². The molecular weight excluding hydrogens is 372 g/mol. The summed E-state index contributed by atoms with van der Waals surface area (Å²) in [5.41, 5.74) is 4.23. The summed E-state index contributed by atoms with van der Waals surface area (Å²) < 4.78 is 11.6. The first kappa shape index (κ1) is 18.9. The molecule has 0 bridgehead atoms. The van der Waals surface area contributed by atoms with Gasteiger partial charge >= 0.3 is 0 Å². The number of aliphatic hydroxyl groups is 1. The van der Waals surface area contributed by atoms with Crippen LogP contribution < -0.4 is 9.47 Å². The van der Waals surface area contributed by atoms with E-state index in [1.165, 1.54) is 5.56 Å². The number of benzene rings is 2. The Hall–Kier alpha value is -2.44. The fourth-order valence-corrected chi connectivity index (χ4v) is 4.43. The van der Waals surface area contributed by atoms with E-state index in [4.69, 9.17) is 9.47 Å². The largest absolute Gasteiger partial charge is 0.490 e. The quantitative estimate of drug-likeness (QED) is 0.632. The topological polar surface area (TPSA) is 64.5 Å². The van der Waals surface area contributed by atoms with E-state index in [1.807, 2.05) is 51.1 Å². The van der Waals surface area contributed by atoms with E-state index in [-0.39, 0.29) is 12.2 Å². The van der Waals surface area contributed by atoms with Crippen molar-refractivity contribution >= 4 is 11.3 Å². The summed E-state index contributed by atoms with van der Waals surface area (Å²) >= 11 is 1.55. The van der Waals surface area contributed by atoms with Crippen LogP contribution in [0.3, 0.4) is 0 Å². The Kier molecular flexibility index (Phi) is 5.33. The second kappa shape index (κ2) is 7.89. The first-order valence-electron chi connectivity index (χ1n) is 9.64. The van der Waals surface area contributed by atoms with Gasteiger partial charge in [-0.2, -0.15) is 0 Å². The lowest BCUT2D eigenvalue weighted by molar-refractivity contribution is 0.180. The highest BCUT2D eigenvalue weighted by Gasteiger charge is 2.24. The monoisotopic (exact) mass is 396 g/mol. The molecule has 1 unspecified atom stereocenters. The molecule has 2 aromatic carbocycles. The molecule has 0 spiro atoms. The molecule has 0 aliphatic heterocycles. The van der Waals surface area contributed by atoms with E-state index in [2.05, 4.69) is 16.3 Å². The normalized spacial score (nSPS) is 15.7. The number of ether oxygens (including phenoxy) is 2. The summed E-state index contributed by atoms with van der Waals surface area (Å²) in [6, 6.07) is 11.9. The highest BCUT2D eigenvalue weighted by atomic mass is 32.1. The summed E-state index contributed by atoms with van der Waals surface area (Å²) in [6.07, 6.45) is 1.35. The van der Waals surface area contributed by atoms with E-state index in [0.29, 0.717) is 12.4 Å². The fraction of sp³-hybridized carbons (Fsp3) is 0.364. The summed E-state index contributed by atoms with van der Waals surface area (Å²) in [5, 5.41) is 20.7. The van der Waals surface area contributed by atoms with Crippen LogP contribution in [-0.4, -0.2) is 28.0 Å². The molecule has 146 valence electrons. The van der Waals surface area contributed by atoms with Gasteiger partial charge in [0, 0.05) is 11.1 Å². The van der Waals surface area contributed by atoms with Crippen molar-refractivity contribution in [3.63, 3.8) is 0 Å². The Morgan fingerprint density at radius 3 is 2.75 bits per heavy atom. The van der Waals surface area contributed by atoms with Gasteiger partial charge in [0.2, 0.25) is 0 Å². The van der Waals surface area contributed by atoms with Gasteiger partial charge in [0.1, 0.15) is 10.0 Å². The number of nitrogens with zero attached hydrogens (tertiary/aromatic N) is 2. The predicted molar refractivity (Wildman–Crippen MR) is 111 cm³/mol. The average molecular weight is 397 g/mol. The van der Waals surface area contributed by atoms with Gasteiger partial charge in [-0.05, 0) is 62.9 Å². The Morgan fingerprint density at radius 1 is 1.14 bits per heavy atom. The van der Waals surface area contributed by atoms with Gasteiger partial charge < -0.3 is 14.6 Å². The molecule has 28 heavy (non-hydrogen) atoms. The summed E-state index contributed by atoms with van der Waals surface area (Å²) in [4.78, 5) is 0. The van der Waals surface area contributed by atoms with Gasteiger partial charge in [-0.15, -0.1) is 10.2 Å². The number of hydrogen-bond donors (Lipinski definition) is 1. The Bertz CT molecular complexity index is 984. The molecule has 4 rings (SSSR count). The zero-order valence-electron chi connectivity index (χ0n) is 16.3. The molecule has 1 N–H and O–H groups in total. The third-order valence-electron chi connectivity index (χ3n) is 4.75. The molecule has 0 saturated heterocycles. The Balaban J connectivity index is 1.68. The van der Waals surface area contributed by atoms with Crippen molar-refractivity contribution in [2.24, 2.45) is 0 Å². The maximum Gasteiger partial charge on any atom is 0.161 e. The second-order valence-corrected chi connectivity index (χ2v) is 8.08. The van der Waals surface area contributed by atoms with Crippen LogP contribution in [0.15, 0.2) is 36.4 Å². The van der Waals surface area contributed by atoms with Gasteiger partial charge in [0.15, 0.2) is 11.5 Å². The van der Waals surface area contributed by atoms with Crippen LogP contribution in [0.5, 0.6) is 11.5 Å². The van der Waals surface area contributed by atoms with Crippen molar-refractivity contribution in [1.29, 1.82) is 0 Å². The molecule has 0 radical (unpaired) electrons. The van der Waals surface area contributed by atoms with E-state index in [1.54, 1.807) is 11.3 Å². The van der Waals surface area contributed by atoms with Crippen LogP contribution in [-0.2, 0) is 6.42 Å². The zero-order valence-corrected chi connectivity index (χ0v) is 17.1. The average Bonchev–Trinajstić information content (AvgIpc) is 3.30. The van der Waals surface area contributed by atoms with Gasteiger partial charge in [-0.1, -0.05) is 29.5 Å². The van der Waals surface area contributed by atoms with Crippen molar-refractivity contribution in [2.45, 2.75) is 45.8 Å². The highest BCUT2D eigenvalue weighted by Crippen LogP contribution is 2.40. The minimum atomic E-state index is -0.371. The lowest BCUT2D eigenvalue weighted by Crippen LogP contribution is -2.07. The minimum absolute atomic E-state index is 0.0775. The molecule has 5 nitrogen and oxygen atoms in total. The molecule has 1 heterocycles. The summed E-state index contributed by atoms with van der Waals surface area (Å²) in [6.45, 7) is 6.52. The number of aliphatic hydroxyl groups excluding tert-OH is 1. The van der Waals surface area contributed by atoms with E-state index >= 15 is 0 Å². The number of hydrogen-bond acceptors (Lipinski definition) is 6. The highest BCUT2D eigenvalue weighted by molar-refractivity contribution is 7.17. The van der Waals surface area contributed by atoms with Gasteiger partial charge in [-0.3, -0.25) is 0 Å². The fourth-order valence-electron chi connectivity index (χ4n) is 3.54. The van der Waals surface area contributed by atoms with E-state index in [0.717, 1.165) is 45.3 Å². The van der Waals surface area contributed by atoms with Gasteiger partial charge in [0.05, 0.1) is 18.8 Å². The zero-order chi connectivity index (χ0) is 19.7. The molecule has 6 heteroatoms. The van der Waals surface area contributed by atoms with Crippen molar-refractivity contribution in [1.82, 2.24) is 10.2 Å². The van der Waals surface area contributed by atoms with Crippen molar-refractivity contribution in [2.75, 3.05) is 6.61 Å². The molecule has 1 aliphatic rings. The maximum absolute atomic E-state index is 10.1. The first-order chi connectivity index (χ1) is 13.6. The first-order valence-corrected chi connectivity index (χ1v) is 10.5. The van der Waals surface area contributed by atoms with Gasteiger partial charge in [-0.25, -0.2) is 0 Å². The van der Waals surface area contributed by atoms with Crippen molar-refractivity contribution < 1.29 is 14.6 Å². The summed E-state index contributed by atoms with van der Waals surface area (Å²) in [5.74, 6) is 1.45. The number of aromatic nitrogens is 2. The van der Waals surface area contributed by atoms with Crippen LogP contribution in [0.1, 0.15) is 44.4 Å². The molecule has 1 aliphatic carbocycles. The molecule has 0 amide bonds. The predicted octanol–water partition coefficient (Wildman–Crippen LogP) is 5.04. The van der Waals surface area contributed by atoms with E-state index in [9.17, 15) is 5.11 Å². The third kappa shape index (κ3) is 3.62. The van der Waals surface area contributed by atoms with E-state index < -0.39 is 0 Å². The molecule has 1 aromatic heterocycles. The molecule has 0 fully saturated rings. The molecule has 1 atom stereocenters. The Morgan fingerprint density at radius 2 is 1.96 bits per heavy atom. The number of rotatable bonds is 6. The summed E-state index contributed by atoms with van der Waals surface area (Å²) in [7, 11) is 0. The SMILES string of the molecule is CCOc1cc(-c2nnc(-c3cccc4c3CCC4O)s2)ccc1OC(C)C. The van der Waals surface area contributed by atoms with Crippen LogP contribution in [0, 0.1) is 0 Å². The lowest BCUT2D eigenvalue weighted by atomic mass is 10.0. The molecule has 3 aromatic rings. The standard InChI is InChI=1S/C22H24N2O3S/c1-4-26-20-12-14(8-11-19(20)27-13(2)3)21-23-24-22(28-21)17-7-5-6-16-15(17)9-10-18(16)25/h5-8,11-13,18,25H,4,9-10H2,1-3H3. The number of fused-ring (bicyclic) bond motifs is 1.